The molecular weight excluding hydrogens is 269 g/mol. The molecule has 18 heavy (non-hydrogen) atoms. The summed E-state index contributed by atoms with van der Waals surface area (Å²) in [5, 5.41) is 4.20. The minimum atomic E-state index is 0.512. The van der Waals surface area contributed by atoms with E-state index in [4.69, 9.17) is 23.2 Å². The molecule has 0 saturated carbocycles. The topological polar surface area (TPSA) is 29.9 Å². The van der Waals surface area contributed by atoms with Gasteiger partial charge < -0.3 is 5.32 Å². The molecule has 0 aliphatic heterocycles. The van der Waals surface area contributed by atoms with Crippen LogP contribution in [0.2, 0.25) is 10.0 Å². The van der Waals surface area contributed by atoms with Gasteiger partial charge in [-0.15, -0.1) is 6.58 Å². The van der Waals surface area contributed by atoms with Crippen molar-refractivity contribution in [3.8, 4) is 5.69 Å². The van der Waals surface area contributed by atoms with Crippen molar-refractivity contribution >= 4 is 29.2 Å². The van der Waals surface area contributed by atoms with Crippen molar-refractivity contribution in [2.45, 2.75) is 6.92 Å². The summed E-state index contributed by atoms with van der Waals surface area (Å²) >= 11 is 12.2. The Morgan fingerprint density at radius 2 is 2.22 bits per heavy atom. The zero-order valence-corrected chi connectivity index (χ0v) is 11.5. The van der Waals surface area contributed by atoms with E-state index in [1.54, 1.807) is 12.1 Å². The molecule has 1 heterocycles. The highest BCUT2D eigenvalue weighted by molar-refractivity contribution is 6.43. The van der Waals surface area contributed by atoms with E-state index in [1.807, 2.05) is 29.8 Å². The molecule has 0 unspecified atom stereocenters. The van der Waals surface area contributed by atoms with Gasteiger partial charge in [0.05, 0.1) is 21.4 Å². The average Bonchev–Trinajstić information content (AvgIpc) is 2.71. The maximum atomic E-state index is 6.21. The molecular formula is C13H13Cl2N3. The van der Waals surface area contributed by atoms with Gasteiger partial charge in [0.1, 0.15) is 0 Å². The van der Waals surface area contributed by atoms with Gasteiger partial charge in [0.2, 0.25) is 5.95 Å². The van der Waals surface area contributed by atoms with Crippen LogP contribution in [0, 0.1) is 6.92 Å². The minimum absolute atomic E-state index is 0.512. The second-order valence-corrected chi connectivity index (χ2v) is 4.60. The number of halogens is 2. The van der Waals surface area contributed by atoms with Crippen LogP contribution in [0.3, 0.4) is 0 Å². The first-order valence-corrected chi connectivity index (χ1v) is 6.24. The number of nitrogens with one attached hydrogen (secondary N) is 1. The molecule has 2 rings (SSSR count). The van der Waals surface area contributed by atoms with E-state index in [-0.39, 0.29) is 0 Å². The molecule has 94 valence electrons. The van der Waals surface area contributed by atoms with Crippen molar-refractivity contribution in [1.29, 1.82) is 0 Å². The van der Waals surface area contributed by atoms with Crippen LogP contribution in [0.5, 0.6) is 0 Å². The number of aromatic nitrogens is 2. The second-order valence-electron chi connectivity index (χ2n) is 3.82. The Morgan fingerprint density at radius 3 is 2.94 bits per heavy atom. The summed E-state index contributed by atoms with van der Waals surface area (Å²) in [5.41, 5.74) is 1.70. The van der Waals surface area contributed by atoms with Crippen LogP contribution in [0.4, 0.5) is 5.95 Å². The van der Waals surface area contributed by atoms with E-state index in [0.717, 1.165) is 17.3 Å². The molecule has 1 N–H and O–H groups in total. The largest absolute Gasteiger partial charge is 0.352 e. The number of anilines is 1. The van der Waals surface area contributed by atoms with Crippen LogP contribution in [0.15, 0.2) is 37.1 Å². The molecule has 1 aromatic carbocycles. The number of hydrogen-bond donors (Lipinski definition) is 1. The van der Waals surface area contributed by atoms with Crippen molar-refractivity contribution in [1.82, 2.24) is 9.55 Å². The maximum Gasteiger partial charge on any atom is 0.208 e. The maximum absolute atomic E-state index is 6.21. The molecule has 0 aliphatic rings. The Hall–Kier alpha value is -1.45. The first kappa shape index (κ1) is 13.0. The Morgan fingerprint density at radius 1 is 1.44 bits per heavy atom. The van der Waals surface area contributed by atoms with E-state index < -0.39 is 0 Å². The zero-order chi connectivity index (χ0) is 13.1. The lowest BCUT2D eigenvalue weighted by Crippen LogP contribution is -2.06. The van der Waals surface area contributed by atoms with Gasteiger partial charge in [0, 0.05) is 12.7 Å². The van der Waals surface area contributed by atoms with Crippen molar-refractivity contribution < 1.29 is 0 Å². The molecule has 0 bridgehead atoms. The predicted molar refractivity (Wildman–Crippen MR) is 77.0 cm³/mol. The monoisotopic (exact) mass is 281 g/mol. The molecule has 0 radical (unpaired) electrons. The number of benzene rings is 1. The number of hydrogen-bond acceptors (Lipinski definition) is 2. The van der Waals surface area contributed by atoms with Gasteiger partial charge in [-0.2, -0.15) is 0 Å². The van der Waals surface area contributed by atoms with E-state index in [2.05, 4.69) is 16.9 Å². The Bertz CT molecular complexity index is 576. The predicted octanol–water partition coefficient (Wildman–Crippen LogP) is 4.09. The third-order valence-corrected chi connectivity index (χ3v) is 3.23. The molecule has 3 nitrogen and oxygen atoms in total. The number of nitrogens with zero attached hydrogens (tertiary/aromatic N) is 2. The summed E-state index contributed by atoms with van der Waals surface area (Å²) in [4.78, 5) is 4.40. The van der Waals surface area contributed by atoms with Crippen LogP contribution < -0.4 is 5.32 Å². The fourth-order valence-electron chi connectivity index (χ4n) is 1.65. The highest BCUT2D eigenvalue weighted by atomic mass is 35.5. The molecule has 0 fully saturated rings. The van der Waals surface area contributed by atoms with Crippen LogP contribution >= 0.6 is 23.2 Å². The normalized spacial score (nSPS) is 10.4. The lowest BCUT2D eigenvalue weighted by Gasteiger charge is -2.10. The molecule has 0 amide bonds. The second kappa shape index (κ2) is 5.46. The quantitative estimate of drug-likeness (QED) is 0.856. The Kier molecular flexibility index (Phi) is 3.94. The fourth-order valence-corrected chi connectivity index (χ4v) is 2.03. The SMILES string of the molecule is C=CCNc1nc(C)cn1-c1cccc(Cl)c1Cl. The highest BCUT2D eigenvalue weighted by Crippen LogP contribution is 2.30. The first-order valence-electron chi connectivity index (χ1n) is 5.48. The fraction of sp³-hybridized carbons (Fsp3) is 0.154. The van der Waals surface area contributed by atoms with Crippen molar-refractivity contribution in [3.05, 3.63) is 52.8 Å². The lowest BCUT2D eigenvalue weighted by molar-refractivity contribution is 1.04. The van der Waals surface area contributed by atoms with E-state index in [0.29, 0.717) is 16.6 Å². The van der Waals surface area contributed by atoms with Crippen molar-refractivity contribution in [2.24, 2.45) is 0 Å². The Labute approximate surface area is 116 Å². The third kappa shape index (κ3) is 2.52. The summed E-state index contributed by atoms with van der Waals surface area (Å²) in [6.45, 7) is 6.23. The third-order valence-electron chi connectivity index (χ3n) is 2.42. The van der Waals surface area contributed by atoms with Gasteiger partial charge in [-0.1, -0.05) is 35.3 Å². The van der Waals surface area contributed by atoms with Crippen LogP contribution in [-0.4, -0.2) is 16.1 Å². The lowest BCUT2D eigenvalue weighted by atomic mass is 10.3. The molecule has 0 atom stereocenters. The van der Waals surface area contributed by atoms with Gasteiger partial charge in [0.15, 0.2) is 0 Å². The average molecular weight is 282 g/mol. The van der Waals surface area contributed by atoms with Gasteiger partial charge in [0.25, 0.3) is 0 Å². The zero-order valence-electron chi connectivity index (χ0n) is 9.95. The van der Waals surface area contributed by atoms with Gasteiger partial charge in [-0.3, -0.25) is 4.57 Å². The van der Waals surface area contributed by atoms with Crippen molar-refractivity contribution in [2.75, 3.05) is 11.9 Å². The summed E-state index contributed by atoms with van der Waals surface area (Å²) in [5.74, 6) is 0.719. The summed E-state index contributed by atoms with van der Waals surface area (Å²) in [6, 6.07) is 5.51. The first-order chi connectivity index (χ1) is 8.63. The van der Waals surface area contributed by atoms with Gasteiger partial charge in [-0.25, -0.2) is 4.98 Å². The smallest absolute Gasteiger partial charge is 0.208 e. The molecule has 2 aromatic rings. The Balaban J connectivity index is 2.49. The number of aryl methyl sites for hydroxylation is 1. The van der Waals surface area contributed by atoms with Gasteiger partial charge >= 0.3 is 0 Å². The number of imidazole rings is 1. The standard InChI is InChI=1S/C13H13Cl2N3/c1-3-7-16-13-17-9(2)8-18(13)11-6-4-5-10(14)12(11)15/h3-6,8H,1,7H2,2H3,(H,16,17). The molecule has 0 saturated heterocycles. The summed E-state index contributed by atoms with van der Waals surface area (Å²) in [6.07, 6.45) is 3.68. The molecule has 1 aromatic heterocycles. The van der Waals surface area contributed by atoms with E-state index >= 15 is 0 Å². The van der Waals surface area contributed by atoms with Crippen LogP contribution in [0.1, 0.15) is 5.69 Å². The van der Waals surface area contributed by atoms with Crippen molar-refractivity contribution in [3.63, 3.8) is 0 Å². The molecule has 0 spiro atoms. The van der Waals surface area contributed by atoms with E-state index in [1.165, 1.54) is 0 Å². The van der Waals surface area contributed by atoms with E-state index in [9.17, 15) is 0 Å². The van der Waals surface area contributed by atoms with Crippen LogP contribution in [0.25, 0.3) is 5.69 Å². The minimum Gasteiger partial charge on any atom is -0.352 e. The molecule has 5 heteroatoms. The number of rotatable bonds is 4. The summed E-state index contributed by atoms with van der Waals surface area (Å²) in [7, 11) is 0. The highest BCUT2D eigenvalue weighted by Gasteiger charge is 2.11. The van der Waals surface area contributed by atoms with Crippen LogP contribution in [-0.2, 0) is 0 Å². The molecule has 0 aliphatic carbocycles. The summed E-state index contributed by atoms with van der Waals surface area (Å²) < 4.78 is 1.88. The van der Waals surface area contributed by atoms with Gasteiger partial charge in [-0.05, 0) is 19.1 Å².